The fourth-order valence-corrected chi connectivity index (χ4v) is 2.65. The van der Waals surface area contributed by atoms with Crippen LogP contribution in [0.4, 0.5) is 16.2 Å². The summed E-state index contributed by atoms with van der Waals surface area (Å²) in [5.41, 5.74) is 9.07. The SMILES string of the molecule is Cc1c(N[C@@H](CNC(=O)OC(C)(C)C)COP)c(N)c2nnnn2c1C. The number of hydrogen-bond acceptors (Lipinski definition) is 8. The highest BCUT2D eigenvalue weighted by Gasteiger charge is 2.20. The molecule has 0 radical (unpaired) electrons. The van der Waals surface area contributed by atoms with Crippen molar-refractivity contribution in [2.75, 3.05) is 24.2 Å². The first-order chi connectivity index (χ1) is 12.1. The fourth-order valence-electron chi connectivity index (χ4n) is 2.41. The van der Waals surface area contributed by atoms with Crippen LogP contribution in [0.15, 0.2) is 0 Å². The van der Waals surface area contributed by atoms with Crippen molar-refractivity contribution in [3.63, 3.8) is 0 Å². The summed E-state index contributed by atoms with van der Waals surface area (Å²) in [6, 6.07) is -0.237. The topological polar surface area (TPSA) is 129 Å². The first kappa shape index (κ1) is 20.1. The predicted molar refractivity (Wildman–Crippen MR) is 102 cm³/mol. The van der Waals surface area contributed by atoms with Crippen molar-refractivity contribution in [3.05, 3.63) is 11.3 Å². The van der Waals surface area contributed by atoms with E-state index in [4.69, 9.17) is 15.0 Å². The van der Waals surface area contributed by atoms with Gasteiger partial charge in [0.05, 0.1) is 18.3 Å². The Morgan fingerprint density at radius 1 is 1.38 bits per heavy atom. The summed E-state index contributed by atoms with van der Waals surface area (Å²) in [7, 11) is 2.20. The van der Waals surface area contributed by atoms with Gasteiger partial charge in [-0.1, -0.05) is 0 Å². The average Bonchev–Trinajstić information content (AvgIpc) is 3.02. The monoisotopic (exact) mass is 383 g/mol. The van der Waals surface area contributed by atoms with Gasteiger partial charge in [-0.25, -0.2) is 4.79 Å². The molecule has 0 aromatic carbocycles. The Balaban J connectivity index is 2.17. The second kappa shape index (κ2) is 8.01. The molecule has 0 fully saturated rings. The van der Waals surface area contributed by atoms with Crippen LogP contribution < -0.4 is 16.4 Å². The van der Waals surface area contributed by atoms with Crippen molar-refractivity contribution in [1.82, 2.24) is 25.4 Å². The van der Waals surface area contributed by atoms with E-state index in [1.54, 1.807) is 4.52 Å². The van der Waals surface area contributed by atoms with Crippen LogP contribution in [0.3, 0.4) is 0 Å². The predicted octanol–water partition coefficient (Wildman–Crippen LogP) is 1.44. The van der Waals surface area contributed by atoms with Crippen molar-refractivity contribution in [3.8, 4) is 0 Å². The van der Waals surface area contributed by atoms with Crippen LogP contribution in [0.5, 0.6) is 0 Å². The van der Waals surface area contributed by atoms with Crippen LogP contribution in [0.2, 0.25) is 0 Å². The number of pyridine rings is 1. The number of aryl methyl sites for hydroxylation is 1. The largest absolute Gasteiger partial charge is 0.444 e. The number of alkyl carbamates (subject to hydrolysis) is 1. The number of carbonyl (C=O) groups is 1. The van der Waals surface area contributed by atoms with E-state index < -0.39 is 11.7 Å². The van der Waals surface area contributed by atoms with Gasteiger partial charge in [-0.15, -0.1) is 5.10 Å². The third kappa shape index (κ3) is 4.70. The molecule has 10 nitrogen and oxygen atoms in total. The maximum Gasteiger partial charge on any atom is 0.407 e. The second-order valence-electron chi connectivity index (χ2n) is 6.97. The molecule has 0 bridgehead atoms. The Kier molecular flexibility index (Phi) is 6.20. The van der Waals surface area contributed by atoms with Crippen molar-refractivity contribution in [1.29, 1.82) is 0 Å². The molecule has 2 aromatic rings. The molecule has 1 amide bonds. The van der Waals surface area contributed by atoms with Gasteiger partial charge in [-0.2, -0.15) is 4.52 Å². The average molecular weight is 383 g/mol. The number of carbonyl (C=O) groups excluding carboxylic acids is 1. The van der Waals surface area contributed by atoms with E-state index in [0.717, 1.165) is 11.3 Å². The van der Waals surface area contributed by atoms with Crippen molar-refractivity contribution < 1.29 is 14.1 Å². The third-order valence-corrected chi connectivity index (χ3v) is 3.95. The summed E-state index contributed by atoms with van der Waals surface area (Å²) in [5.74, 6) is 0. The van der Waals surface area contributed by atoms with Gasteiger partial charge in [0.25, 0.3) is 0 Å². The van der Waals surface area contributed by atoms with Gasteiger partial charge >= 0.3 is 6.09 Å². The van der Waals surface area contributed by atoms with Gasteiger partial charge in [0, 0.05) is 21.7 Å². The lowest BCUT2D eigenvalue weighted by atomic mass is 10.1. The summed E-state index contributed by atoms with van der Waals surface area (Å²) < 4.78 is 12.0. The van der Waals surface area contributed by atoms with E-state index in [2.05, 4.69) is 35.6 Å². The maximum absolute atomic E-state index is 11.9. The van der Waals surface area contributed by atoms with E-state index in [-0.39, 0.29) is 12.6 Å². The number of anilines is 2. The number of nitrogens with two attached hydrogens (primary N) is 1. The first-order valence-electron chi connectivity index (χ1n) is 8.15. The van der Waals surface area contributed by atoms with Crippen LogP contribution in [-0.2, 0) is 9.26 Å². The number of amides is 1. The molecule has 1 unspecified atom stereocenters. The minimum absolute atomic E-state index is 0.237. The first-order valence-corrected chi connectivity index (χ1v) is 8.63. The van der Waals surface area contributed by atoms with Crippen LogP contribution in [0.25, 0.3) is 5.65 Å². The highest BCUT2D eigenvalue weighted by molar-refractivity contribution is 7.09. The zero-order valence-corrected chi connectivity index (χ0v) is 16.8. The minimum Gasteiger partial charge on any atom is -0.444 e. The lowest BCUT2D eigenvalue weighted by Crippen LogP contribution is -2.41. The molecule has 2 rings (SSSR count). The Bertz CT molecular complexity index is 788. The summed E-state index contributed by atoms with van der Waals surface area (Å²) in [5, 5.41) is 17.6. The number of rotatable bonds is 6. The van der Waals surface area contributed by atoms with Gasteiger partial charge < -0.3 is 25.6 Å². The van der Waals surface area contributed by atoms with Crippen molar-refractivity contribution in [2.45, 2.75) is 46.3 Å². The lowest BCUT2D eigenvalue weighted by Gasteiger charge is -2.24. The van der Waals surface area contributed by atoms with E-state index in [9.17, 15) is 4.79 Å². The molecule has 2 aromatic heterocycles. The third-order valence-electron chi connectivity index (χ3n) is 3.75. The number of tetrazole rings is 1. The lowest BCUT2D eigenvalue weighted by molar-refractivity contribution is 0.0524. The molecule has 4 N–H and O–H groups in total. The molecule has 144 valence electrons. The number of aromatic nitrogens is 4. The van der Waals surface area contributed by atoms with Crippen LogP contribution in [0.1, 0.15) is 32.0 Å². The van der Waals surface area contributed by atoms with Crippen molar-refractivity contribution in [2.24, 2.45) is 0 Å². The van der Waals surface area contributed by atoms with Gasteiger partial charge in [-0.05, 0) is 50.6 Å². The zero-order valence-electron chi connectivity index (χ0n) is 15.7. The van der Waals surface area contributed by atoms with Crippen molar-refractivity contribution >= 4 is 32.6 Å². The summed E-state index contributed by atoms with van der Waals surface area (Å²) in [6.45, 7) is 9.87. The standard InChI is InChI=1S/C15H26N7O3P/c1-8-9(2)22-13(19-20-21-22)11(16)12(8)18-10(7-24-26)6-17-14(23)25-15(3,4)5/h10,18H,6-7,16,26H2,1-5H3,(H,17,23)/t10-/m0/s1. The number of nitrogens with zero attached hydrogens (tertiary/aromatic N) is 4. The maximum atomic E-state index is 11.9. The smallest absolute Gasteiger partial charge is 0.407 e. The highest BCUT2D eigenvalue weighted by Crippen LogP contribution is 2.29. The van der Waals surface area contributed by atoms with Gasteiger partial charge in [0.15, 0.2) is 0 Å². The van der Waals surface area contributed by atoms with Gasteiger partial charge in [-0.3, -0.25) is 0 Å². The summed E-state index contributed by atoms with van der Waals surface area (Å²) >= 11 is 0. The van der Waals surface area contributed by atoms with E-state index >= 15 is 0 Å². The Morgan fingerprint density at radius 2 is 2.08 bits per heavy atom. The molecule has 0 aliphatic carbocycles. The highest BCUT2D eigenvalue weighted by atomic mass is 31.0. The molecule has 26 heavy (non-hydrogen) atoms. The molecule has 0 aliphatic heterocycles. The normalized spacial score (nSPS) is 12.8. The number of nitrogens with one attached hydrogen (secondary N) is 2. The van der Waals surface area contributed by atoms with Gasteiger partial charge in [0.1, 0.15) is 11.3 Å². The van der Waals surface area contributed by atoms with Crippen LogP contribution in [-0.4, -0.2) is 50.9 Å². The van der Waals surface area contributed by atoms with Gasteiger partial charge in [0.2, 0.25) is 5.65 Å². The van der Waals surface area contributed by atoms with E-state index in [0.29, 0.717) is 23.6 Å². The molecule has 2 heterocycles. The number of ether oxygens (including phenoxy) is 1. The molecule has 0 saturated heterocycles. The molecule has 0 spiro atoms. The number of fused-ring (bicyclic) bond motifs is 1. The number of hydrogen-bond donors (Lipinski definition) is 3. The fraction of sp³-hybridized carbons (Fsp3) is 0.600. The molecule has 2 atom stereocenters. The molecular weight excluding hydrogens is 357 g/mol. The quantitative estimate of drug-likeness (QED) is 0.639. The molecule has 11 heteroatoms. The Labute approximate surface area is 154 Å². The van der Waals surface area contributed by atoms with E-state index in [1.807, 2.05) is 34.6 Å². The second-order valence-corrected chi connectivity index (χ2v) is 7.30. The molecule has 0 saturated carbocycles. The summed E-state index contributed by atoms with van der Waals surface area (Å²) in [6.07, 6.45) is -0.494. The Hall–Kier alpha value is -2.19. The Morgan fingerprint density at radius 3 is 2.69 bits per heavy atom. The van der Waals surface area contributed by atoms with Crippen LogP contribution >= 0.6 is 9.47 Å². The minimum atomic E-state index is -0.562. The molecular formula is C15H26N7O3P. The summed E-state index contributed by atoms with van der Waals surface area (Å²) in [4.78, 5) is 11.9. The molecule has 0 aliphatic rings. The number of nitrogen functional groups attached to an aromatic ring is 1. The van der Waals surface area contributed by atoms with E-state index in [1.165, 1.54) is 0 Å². The van der Waals surface area contributed by atoms with Crippen LogP contribution in [0, 0.1) is 13.8 Å². The zero-order chi connectivity index (χ0) is 19.5.